The number of phenolic OH excluding ortho intramolecular Hbond substituents is 1. The Balaban J connectivity index is 1.88. The highest BCUT2D eigenvalue weighted by Crippen LogP contribution is 2.44. The number of phenols is 1. The summed E-state index contributed by atoms with van der Waals surface area (Å²) in [6, 6.07) is 7.10. The van der Waals surface area contributed by atoms with E-state index in [-0.39, 0.29) is 45.6 Å². The molecule has 0 heterocycles. The minimum Gasteiger partial charge on any atom is -0.505 e. The van der Waals surface area contributed by atoms with E-state index in [1.54, 1.807) is 0 Å². The summed E-state index contributed by atoms with van der Waals surface area (Å²) in [5.41, 5.74) is -1.41. The molecule has 0 aliphatic heterocycles. The summed E-state index contributed by atoms with van der Waals surface area (Å²) in [5.74, 6) is -1.03. The van der Waals surface area contributed by atoms with E-state index in [2.05, 4.69) is 20.5 Å². The van der Waals surface area contributed by atoms with Crippen molar-refractivity contribution in [2.45, 2.75) is 33.4 Å². The molecule has 23 heteroatoms. The van der Waals surface area contributed by atoms with Crippen LogP contribution in [0.3, 0.4) is 0 Å². The molecule has 0 spiro atoms. The van der Waals surface area contributed by atoms with Crippen molar-refractivity contribution in [2.24, 2.45) is 20.5 Å². The number of aryl methyl sites for hydroxylation is 2. The number of azo groups is 2. The lowest BCUT2D eigenvalue weighted by Crippen LogP contribution is -2.02. The Labute approximate surface area is 278 Å². The number of ether oxygens (including phenoxy) is 1. The molecule has 49 heavy (non-hydrogen) atoms. The number of rotatable bonds is 11. The third-order valence-corrected chi connectivity index (χ3v) is 10.0. The zero-order valence-corrected chi connectivity index (χ0v) is 28.1. The zero-order chi connectivity index (χ0) is 36.7. The van der Waals surface area contributed by atoms with Gasteiger partial charge in [-0.25, -0.2) is 0 Å². The van der Waals surface area contributed by atoms with Crippen LogP contribution in [0.15, 0.2) is 88.6 Å². The first-order valence-corrected chi connectivity index (χ1v) is 18.8. The number of hydrogen-bond acceptors (Lipinski definition) is 15. The molecule has 0 amide bonds. The van der Waals surface area contributed by atoms with Crippen molar-refractivity contribution in [3.8, 4) is 11.5 Å². The maximum atomic E-state index is 12.3. The van der Waals surface area contributed by atoms with E-state index in [9.17, 15) is 62.1 Å². The molecule has 0 saturated heterocycles. The second kappa shape index (κ2) is 13.4. The average Bonchev–Trinajstić information content (AvgIpc) is 2.97. The van der Waals surface area contributed by atoms with Gasteiger partial charge < -0.3 is 14.9 Å². The van der Waals surface area contributed by atoms with Crippen molar-refractivity contribution in [1.82, 2.24) is 0 Å². The van der Waals surface area contributed by atoms with E-state index < -0.39 is 83.8 Å². The molecule has 0 aliphatic rings. The number of nitrogens with zero attached hydrogens (tertiary/aromatic N) is 4. The second-order valence-electron chi connectivity index (χ2n) is 10.0. The third-order valence-electron chi connectivity index (χ3n) is 6.55. The molecule has 19 nitrogen and oxygen atoms in total. The number of aromatic hydroxyl groups is 1. The fraction of sp³-hybridized carbons (Fsp3) is 0.154. The molecule has 0 fully saturated rings. The largest absolute Gasteiger partial charge is 0.505 e. The van der Waals surface area contributed by atoms with Gasteiger partial charge in [0.05, 0.1) is 22.1 Å². The van der Waals surface area contributed by atoms with Crippen molar-refractivity contribution in [3.05, 3.63) is 59.7 Å². The Bertz CT molecular complexity index is 2520. The summed E-state index contributed by atoms with van der Waals surface area (Å²) in [7, 11) is -19.6. The van der Waals surface area contributed by atoms with Gasteiger partial charge >= 0.3 is 0 Å². The molecule has 0 bridgehead atoms. The van der Waals surface area contributed by atoms with E-state index >= 15 is 0 Å². The molecule has 4 rings (SSSR count). The highest BCUT2D eigenvalue weighted by molar-refractivity contribution is 7.86. The summed E-state index contributed by atoms with van der Waals surface area (Å²) in [4.78, 5) is -3.22. The molecule has 262 valence electrons. The predicted octanol–water partition coefficient (Wildman–Crippen LogP) is 4.35. The molecule has 0 unspecified atom stereocenters. The normalized spacial score (nSPS) is 13.1. The van der Waals surface area contributed by atoms with Crippen molar-refractivity contribution in [1.29, 1.82) is 0 Å². The van der Waals surface area contributed by atoms with Crippen molar-refractivity contribution in [3.63, 3.8) is 0 Å². The summed E-state index contributed by atoms with van der Waals surface area (Å²) < 4.78 is 138. The monoisotopic (exact) mass is 760 g/mol. The van der Waals surface area contributed by atoms with Crippen LogP contribution < -0.4 is 4.74 Å². The van der Waals surface area contributed by atoms with Crippen LogP contribution in [-0.4, -0.2) is 75.3 Å². The number of aliphatic hydroxyl groups is 1. The van der Waals surface area contributed by atoms with Gasteiger partial charge in [-0.15, -0.1) is 15.3 Å². The molecule has 4 aromatic carbocycles. The van der Waals surface area contributed by atoms with E-state index in [0.29, 0.717) is 18.2 Å². The summed E-state index contributed by atoms with van der Waals surface area (Å²) in [5, 5.41) is 35.4. The average molecular weight is 761 g/mol. The number of benzene rings is 4. The lowest BCUT2D eigenvalue weighted by atomic mass is 10.0. The lowest BCUT2D eigenvalue weighted by molar-refractivity contribution is 0.202. The third kappa shape index (κ3) is 8.41. The highest BCUT2D eigenvalue weighted by Gasteiger charge is 2.25. The fourth-order valence-electron chi connectivity index (χ4n) is 4.39. The van der Waals surface area contributed by atoms with Gasteiger partial charge in [-0.3, -0.25) is 18.2 Å². The van der Waals surface area contributed by atoms with Crippen molar-refractivity contribution in [2.75, 3.05) is 13.2 Å². The topological polar surface area (TPSA) is 317 Å². The van der Waals surface area contributed by atoms with Gasteiger partial charge in [-0.2, -0.15) is 38.8 Å². The van der Waals surface area contributed by atoms with Crippen LogP contribution in [0.4, 0.5) is 22.7 Å². The van der Waals surface area contributed by atoms with E-state index in [0.717, 1.165) is 24.3 Å². The first kappa shape index (κ1) is 37.4. The maximum Gasteiger partial charge on any atom is 0.296 e. The van der Waals surface area contributed by atoms with Gasteiger partial charge in [0.2, 0.25) is 0 Å². The van der Waals surface area contributed by atoms with Gasteiger partial charge in [0, 0.05) is 11.5 Å². The smallest absolute Gasteiger partial charge is 0.296 e. The van der Waals surface area contributed by atoms with Gasteiger partial charge in [-0.1, -0.05) is 0 Å². The van der Waals surface area contributed by atoms with Crippen LogP contribution in [0.25, 0.3) is 10.8 Å². The Morgan fingerprint density at radius 3 is 1.78 bits per heavy atom. The van der Waals surface area contributed by atoms with Crippen LogP contribution in [0.5, 0.6) is 11.5 Å². The molecule has 0 aliphatic carbocycles. The predicted molar refractivity (Wildman–Crippen MR) is 168 cm³/mol. The molecular formula is C26H24N4O15S4. The zero-order valence-electron chi connectivity index (χ0n) is 24.8. The second-order valence-corrected chi connectivity index (χ2v) is 15.6. The van der Waals surface area contributed by atoms with Crippen LogP contribution in [0.2, 0.25) is 0 Å². The molecular weight excluding hydrogens is 737 g/mol. The Hall–Kier alpha value is -4.46. The van der Waals surface area contributed by atoms with Crippen LogP contribution in [0.1, 0.15) is 11.1 Å². The first-order chi connectivity index (χ1) is 22.5. The van der Waals surface area contributed by atoms with Crippen molar-refractivity contribution >= 4 is 74.0 Å². The van der Waals surface area contributed by atoms with E-state index in [1.165, 1.54) is 19.9 Å². The number of fused-ring (bicyclic) bond motifs is 1. The molecule has 0 radical (unpaired) electrons. The van der Waals surface area contributed by atoms with E-state index in [4.69, 9.17) is 4.74 Å². The van der Waals surface area contributed by atoms with Gasteiger partial charge in [0.1, 0.15) is 39.2 Å². The Kier molecular flexibility index (Phi) is 10.3. The molecule has 0 atom stereocenters. The first-order valence-electron chi connectivity index (χ1n) is 13.1. The lowest BCUT2D eigenvalue weighted by Gasteiger charge is -2.13. The quantitative estimate of drug-likeness (QED) is 0.0914. The molecule has 0 aromatic heterocycles. The summed E-state index contributed by atoms with van der Waals surface area (Å²) in [6.45, 7) is 1.94. The number of hydrogen-bond donors (Lipinski definition) is 6. The van der Waals surface area contributed by atoms with Gasteiger partial charge in [0.25, 0.3) is 40.5 Å². The minimum atomic E-state index is -5.14. The molecule has 0 saturated carbocycles. The Morgan fingerprint density at radius 1 is 0.612 bits per heavy atom. The molecule has 4 aromatic rings. The summed E-state index contributed by atoms with van der Waals surface area (Å²) in [6.07, 6.45) is 0. The maximum absolute atomic E-state index is 12.3. The van der Waals surface area contributed by atoms with Crippen LogP contribution in [-0.2, 0) is 40.5 Å². The summed E-state index contributed by atoms with van der Waals surface area (Å²) >= 11 is 0. The van der Waals surface area contributed by atoms with Gasteiger partial charge in [-0.05, 0) is 72.8 Å². The number of aliphatic hydroxyl groups excluding tert-OH is 1. The van der Waals surface area contributed by atoms with E-state index in [1.807, 2.05) is 0 Å². The standard InChI is InChI=1S/C26H24N4O15S4/c1-13-8-19(28-30-25-23(49(42,43)44)10-15-9-17(47(36,37)38)7-14(2)24(15)26(25)32)21(45-6-5-31)12-18(13)27-29-20-11-16(46(33,34)35)3-4-22(20)48(39,40)41/h3-4,7-12,31-32H,5-6H2,1-2H3,(H,33,34,35)(H,36,37,38)(H,39,40,41)(H,42,43,44). The van der Waals surface area contributed by atoms with Crippen LogP contribution in [0, 0.1) is 13.8 Å². The van der Waals surface area contributed by atoms with Crippen LogP contribution >= 0.6 is 0 Å². The SMILES string of the molecule is Cc1cc(N=Nc2c(S(=O)(=O)O)cc3cc(S(=O)(=O)O)cc(C)c3c2O)c(OCCO)cc1N=Nc1cc(S(=O)(=O)O)ccc1S(=O)(=O)O. The Morgan fingerprint density at radius 2 is 1.20 bits per heavy atom. The van der Waals surface area contributed by atoms with Crippen molar-refractivity contribution < 1.29 is 66.8 Å². The fourth-order valence-corrected chi connectivity index (χ4v) is 6.75. The van der Waals surface area contributed by atoms with Gasteiger partial charge in [0.15, 0.2) is 5.75 Å². The highest BCUT2D eigenvalue weighted by atomic mass is 32.2. The molecule has 6 N–H and O–H groups in total. The minimum absolute atomic E-state index is 0.0668.